The molecule has 0 unspecified atom stereocenters. The summed E-state index contributed by atoms with van der Waals surface area (Å²) in [6.07, 6.45) is 1.39. The molecule has 0 amide bonds. The number of aromatic amines is 1. The van der Waals surface area contributed by atoms with Crippen LogP contribution in [0.3, 0.4) is 0 Å². The van der Waals surface area contributed by atoms with Crippen molar-refractivity contribution in [3.8, 4) is 0 Å². The Morgan fingerprint density at radius 3 is 3.00 bits per heavy atom. The second-order valence-electron chi connectivity index (χ2n) is 3.64. The predicted octanol–water partition coefficient (Wildman–Crippen LogP) is 1.69. The van der Waals surface area contributed by atoms with E-state index in [9.17, 15) is 4.79 Å². The Balaban J connectivity index is 2.05. The average Bonchev–Trinajstić information content (AvgIpc) is 2.27. The lowest BCUT2D eigenvalue weighted by molar-refractivity contribution is 1.06. The molecule has 2 rings (SSSR count). The van der Waals surface area contributed by atoms with E-state index in [-0.39, 0.29) is 5.56 Å². The topological polar surface area (TPSA) is 57.8 Å². The monoisotopic (exact) mass is 215 g/mol. The van der Waals surface area contributed by atoms with E-state index in [4.69, 9.17) is 0 Å². The highest BCUT2D eigenvalue weighted by Crippen LogP contribution is 2.06. The number of nitrogens with one attached hydrogen (secondary N) is 2. The number of rotatable bonds is 3. The van der Waals surface area contributed by atoms with Crippen molar-refractivity contribution < 1.29 is 0 Å². The molecule has 1 aromatic carbocycles. The molecule has 16 heavy (non-hydrogen) atoms. The maximum absolute atomic E-state index is 11.0. The van der Waals surface area contributed by atoms with Crippen LogP contribution in [0.15, 0.2) is 41.5 Å². The summed E-state index contributed by atoms with van der Waals surface area (Å²) >= 11 is 0. The molecule has 1 aromatic heterocycles. The summed E-state index contributed by atoms with van der Waals surface area (Å²) < 4.78 is 0. The lowest BCUT2D eigenvalue weighted by Crippen LogP contribution is -2.08. The van der Waals surface area contributed by atoms with Gasteiger partial charge in [-0.25, -0.2) is 4.98 Å². The SMILES string of the molecule is Cc1cccc(CNc2cc(=O)[nH]cn2)c1. The fourth-order valence-corrected chi connectivity index (χ4v) is 1.48. The van der Waals surface area contributed by atoms with E-state index < -0.39 is 0 Å². The molecule has 0 atom stereocenters. The molecule has 0 aliphatic rings. The number of aromatic nitrogens is 2. The molecule has 2 aromatic rings. The van der Waals surface area contributed by atoms with Crippen LogP contribution < -0.4 is 10.9 Å². The minimum absolute atomic E-state index is 0.151. The molecule has 1 heterocycles. The van der Waals surface area contributed by atoms with Crippen molar-refractivity contribution in [2.75, 3.05) is 5.32 Å². The first-order valence-electron chi connectivity index (χ1n) is 5.08. The number of anilines is 1. The van der Waals surface area contributed by atoms with Gasteiger partial charge in [0.25, 0.3) is 5.56 Å². The third kappa shape index (κ3) is 2.70. The lowest BCUT2D eigenvalue weighted by atomic mass is 10.1. The Hall–Kier alpha value is -2.10. The third-order valence-corrected chi connectivity index (χ3v) is 2.23. The van der Waals surface area contributed by atoms with Crippen LogP contribution in [0.5, 0.6) is 0 Å². The van der Waals surface area contributed by atoms with Crippen LogP contribution in [0.25, 0.3) is 0 Å². The zero-order valence-corrected chi connectivity index (χ0v) is 9.03. The lowest BCUT2D eigenvalue weighted by Gasteiger charge is -2.05. The van der Waals surface area contributed by atoms with Crippen molar-refractivity contribution in [2.24, 2.45) is 0 Å². The van der Waals surface area contributed by atoms with Crippen molar-refractivity contribution >= 4 is 5.82 Å². The van der Waals surface area contributed by atoms with E-state index in [0.29, 0.717) is 12.4 Å². The third-order valence-electron chi connectivity index (χ3n) is 2.23. The molecule has 0 saturated carbocycles. The summed E-state index contributed by atoms with van der Waals surface area (Å²) in [7, 11) is 0. The molecule has 4 heteroatoms. The maximum Gasteiger partial charge on any atom is 0.252 e. The Labute approximate surface area is 93.4 Å². The van der Waals surface area contributed by atoms with E-state index in [0.717, 1.165) is 0 Å². The maximum atomic E-state index is 11.0. The Kier molecular flexibility index (Phi) is 3.00. The summed E-state index contributed by atoms with van der Waals surface area (Å²) in [6.45, 7) is 2.72. The van der Waals surface area contributed by atoms with E-state index in [2.05, 4.69) is 34.3 Å². The number of hydrogen-bond donors (Lipinski definition) is 2. The number of hydrogen-bond acceptors (Lipinski definition) is 3. The molecule has 0 saturated heterocycles. The molecular weight excluding hydrogens is 202 g/mol. The van der Waals surface area contributed by atoms with Gasteiger partial charge in [0, 0.05) is 12.6 Å². The number of aryl methyl sites for hydroxylation is 1. The van der Waals surface area contributed by atoms with E-state index >= 15 is 0 Å². The van der Waals surface area contributed by atoms with Crippen LogP contribution in [-0.4, -0.2) is 9.97 Å². The normalized spacial score (nSPS) is 10.1. The first-order chi connectivity index (χ1) is 7.74. The molecule has 82 valence electrons. The first kappa shape index (κ1) is 10.4. The van der Waals surface area contributed by atoms with Crippen LogP contribution in [0, 0.1) is 6.92 Å². The molecule has 0 bridgehead atoms. The van der Waals surface area contributed by atoms with Crippen LogP contribution >= 0.6 is 0 Å². The van der Waals surface area contributed by atoms with Gasteiger partial charge in [0.1, 0.15) is 5.82 Å². The van der Waals surface area contributed by atoms with Gasteiger partial charge in [-0.05, 0) is 12.5 Å². The van der Waals surface area contributed by atoms with E-state index in [1.807, 2.05) is 12.1 Å². The predicted molar refractivity (Wildman–Crippen MR) is 63.4 cm³/mol. The van der Waals surface area contributed by atoms with Gasteiger partial charge in [-0.3, -0.25) is 4.79 Å². The van der Waals surface area contributed by atoms with Gasteiger partial charge < -0.3 is 10.3 Å². The van der Waals surface area contributed by atoms with E-state index in [1.54, 1.807) is 0 Å². The van der Waals surface area contributed by atoms with E-state index in [1.165, 1.54) is 23.5 Å². The summed E-state index contributed by atoms with van der Waals surface area (Å²) in [5.41, 5.74) is 2.24. The molecule has 0 aliphatic heterocycles. The van der Waals surface area contributed by atoms with Gasteiger partial charge in [0.05, 0.1) is 6.33 Å². The smallest absolute Gasteiger partial charge is 0.252 e. The fourth-order valence-electron chi connectivity index (χ4n) is 1.48. The van der Waals surface area contributed by atoms with Gasteiger partial charge in [-0.1, -0.05) is 29.8 Å². The van der Waals surface area contributed by atoms with Crippen LogP contribution in [0.1, 0.15) is 11.1 Å². The molecule has 0 fully saturated rings. The van der Waals surface area contributed by atoms with Gasteiger partial charge in [-0.15, -0.1) is 0 Å². The van der Waals surface area contributed by atoms with Crippen molar-refractivity contribution in [3.05, 3.63) is 58.1 Å². The van der Waals surface area contributed by atoms with Crippen molar-refractivity contribution in [1.29, 1.82) is 0 Å². The largest absolute Gasteiger partial charge is 0.366 e. The number of H-pyrrole nitrogens is 1. The zero-order valence-electron chi connectivity index (χ0n) is 9.03. The second-order valence-corrected chi connectivity index (χ2v) is 3.64. The Bertz CT molecular complexity index is 534. The minimum atomic E-state index is -0.151. The summed E-state index contributed by atoms with van der Waals surface area (Å²) in [4.78, 5) is 17.5. The molecule has 0 spiro atoms. The van der Waals surface area contributed by atoms with Crippen molar-refractivity contribution in [1.82, 2.24) is 9.97 Å². The molecule has 0 aliphatic carbocycles. The highest BCUT2D eigenvalue weighted by Gasteiger charge is 1.96. The van der Waals surface area contributed by atoms with Gasteiger partial charge in [0.15, 0.2) is 0 Å². The number of nitrogens with zero attached hydrogens (tertiary/aromatic N) is 1. The summed E-state index contributed by atoms with van der Waals surface area (Å²) in [5.74, 6) is 0.588. The van der Waals surface area contributed by atoms with Gasteiger partial charge in [-0.2, -0.15) is 0 Å². The highest BCUT2D eigenvalue weighted by atomic mass is 16.1. The summed E-state index contributed by atoms with van der Waals surface area (Å²) in [5, 5.41) is 3.10. The summed E-state index contributed by atoms with van der Waals surface area (Å²) in [6, 6.07) is 9.63. The van der Waals surface area contributed by atoms with Gasteiger partial charge >= 0.3 is 0 Å². The average molecular weight is 215 g/mol. The van der Waals surface area contributed by atoms with Crippen molar-refractivity contribution in [3.63, 3.8) is 0 Å². The molecule has 4 nitrogen and oxygen atoms in total. The Morgan fingerprint density at radius 1 is 1.38 bits per heavy atom. The molecule has 2 N–H and O–H groups in total. The molecular formula is C12H13N3O. The fraction of sp³-hybridized carbons (Fsp3) is 0.167. The van der Waals surface area contributed by atoms with Crippen LogP contribution in [0.2, 0.25) is 0 Å². The second kappa shape index (κ2) is 4.61. The highest BCUT2D eigenvalue weighted by molar-refractivity contribution is 5.34. The quantitative estimate of drug-likeness (QED) is 0.819. The van der Waals surface area contributed by atoms with Crippen LogP contribution in [-0.2, 0) is 6.54 Å². The zero-order chi connectivity index (χ0) is 11.4. The minimum Gasteiger partial charge on any atom is -0.366 e. The Morgan fingerprint density at radius 2 is 2.25 bits per heavy atom. The standard InChI is InChI=1S/C12H13N3O/c1-9-3-2-4-10(5-9)7-13-11-6-12(16)15-8-14-11/h2-6,8H,7H2,1H3,(H2,13,14,15,16). The van der Waals surface area contributed by atoms with Gasteiger partial charge in [0.2, 0.25) is 0 Å². The van der Waals surface area contributed by atoms with Crippen LogP contribution in [0.4, 0.5) is 5.82 Å². The number of benzene rings is 1. The first-order valence-corrected chi connectivity index (χ1v) is 5.08. The van der Waals surface area contributed by atoms with Crippen molar-refractivity contribution in [2.45, 2.75) is 13.5 Å². The molecule has 0 radical (unpaired) electrons.